The van der Waals surface area contributed by atoms with E-state index in [0.29, 0.717) is 5.04 Å². The first-order chi connectivity index (χ1) is 4.62. The van der Waals surface area contributed by atoms with E-state index in [1.807, 2.05) is 0 Å². The van der Waals surface area contributed by atoms with Gasteiger partial charge in [0, 0.05) is 9.52 Å². The first kappa shape index (κ1) is 9.96. The summed E-state index contributed by atoms with van der Waals surface area (Å²) in [5, 5.41) is 0.670. The van der Waals surface area contributed by atoms with Crippen molar-refractivity contribution in [3.8, 4) is 0 Å². The van der Waals surface area contributed by atoms with Gasteiger partial charge in [0.15, 0.2) is 0 Å². The highest BCUT2D eigenvalue weighted by Gasteiger charge is 2.14. The molecule has 0 bridgehead atoms. The van der Waals surface area contributed by atoms with E-state index in [4.69, 9.17) is 0 Å². The van der Waals surface area contributed by atoms with Crippen LogP contribution < -0.4 is 0 Å². The molecule has 0 unspecified atom stereocenters. The van der Waals surface area contributed by atoms with Gasteiger partial charge in [0.05, 0.1) is 0 Å². The SMILES string of the molecule is C=CC[SiH2]C(C)(C)CCC. The summed E-state index contributed by atoms with van der Waals surface area (Å²) in [6.45, 7) is 10.8. The Morgan fingerprint density at radius 3 is 2.50 bits per heavy atom. The number of rotatable bonds is 5. The second kappa shape index (κ2) is 4.72. The van der Waals surface area contributed by atoms with Crippen LogP contribution in [0.25, 0.3) is 0 Å². The minimum atomic E-state index is 0.110. The van der Waals surface area contributed by atoms with E-state index in [2.05, 4.69) is 33.4 Å². The summed E-state index contributed by atoms with van der Waals surface area (Å²) in [6, 6.07) is 1.30. The molecule has 10 heavy (non-hydrogen) atoms. The lowest BCUT2D eigenvalue weighted by Crippen LogP contribution is -2.11. The molecule has 0 heterocycles. The molecule has 0 aliphatic carbocycles. The molecule has 0 atom stereocenters. The predicted molar refractivity (Wildman–Crippen MR) is 52.5 cm³/mol. The molecule has 0 radical (unpaired) electrons. The molecule has 0 aromatic rings. The van der Waals surface area contributed by atoms with Gasteiger partial charge in [0.25, 0.3) is 0 Å². The largest absolute Gasteiger partial charge is 0.103 e. The van der Waals surface area contributed by atoms with Gasteiger partial charge in [-0.15, -0.1) is 6.58 Å². The smallest absolute Gasteiger partial charge is 0.0303 e. The molecule has 0 amide bonds. The lowest BCUT2D eigenvalue weighted by Gasteiger charge is -2.22. The lowest BCUT2D eigenvalue weighted by atomic mass is 10.1. The van der Waals surface area contributed by atoms with Gasteiger partial charge in [-0.25, -0.2) is 0 Å². The maximum atomic E-state index is 3.76. The number of hydrogen-bond donors (Lipinski definition) is 0. The Morgan fingerprint density at radius 1 is 1.50 bits per heavy atom. The number of hydrogen-bond acceptors (Lipinski definition) is 0. The van der Waals surface area contributed by atoms with Crippen molar-refractivity contribution in [1.82, 2.24) is 0 Å². The van der Waals surface area contributed by atoms with Gasteiger partial charge in [-0.2, -0.15) is 0 Å². The van der Waals surface area contributed by atoms with Gasteiger partial charge < -0.3 is 0 Å². The number of allylic oxidation sites excluding steroid dienone is 1. The van der Waals surface area contributed by atoms with Gasteiger partial charge in [-0.3, -0.25) is 0 Å². The third-order valence-electron chi connectivity index (χ3n) is 1.95. The van der Waals surface area contributed by atoms with Crippen LogP contribution in [-0.2, 0) is 0 Å². The first-order valence-corrected chi connectivity index (χ1v) is 5.94. The van der Waals surface area contributed by atoms with E-state index >= 15 is 0 Å². The highest BCUT2D eigenvalue weighted by Crippen LogP contribution is 2.29. The van der Waals surface area contributed by atoms with Gasteiger partial charge in [0.1, 0.15) is 0 Å². The topological polar surface area (TPSA) is 0 Å². The van der Waals surface area contributed by atoms with Crippen LogP contribution >= 0.6 is 0 Å². The van der Waals surface area contributed by atoms with Crippen LogP contribution in [0.4, 0.5) is 0 Å². The van der Waals surface area contributed by atoms with E-state index in [1.165, 1.54) is 18.9 Å². The van der Waals surface area contributed by atoms with Crippen molar-refractivity contribution in [3.63, 3.8) is 0 Å². The summed E-state index contributed by atoms with van der Waals surface area (Å²) in [5.74, 6) is 0. The van der Waals surface area contributed by atoms with Crippen LogP contribution in [0.2, 0.25) is 11.1 Å². The molecule has 0 aliphatic heterocycles. The molecule has 0 saturated carbocycles. The monoisotopic (exact) mass is 156 g/mol. The maximum Gasteiger partial charge on any atom is 0.0303 e. The van der Waals surface area contributed by atoms with E-state index in [1.54, 1.807) is 0 Å². The Hall–Kier alpha value is -0.0431. The maximum absolute atomic E-state index is 3.76. The Morgan fingerprint density at radius 2 is 2.10 bits per heavy atom. The zero-order valence-corrected chi connectivity index (χ0v) is 9.03. The third-order valence-corrected chi connectivity index (χ3v) is 4.36. The summed E-state index contributed by atoms with van der Waals surface area (Å²) in [7, 11) is 0.110. The van der Waals surface area contributed by atoms with Crippen molar-refractivity contribution in [1.29, 1.82) is 0 Å². The molecule has 0 rings (SSSR count). The van der Waals surface area contributed by atoms with Gasteiger partial charge >= 0.3 is 0 Å². The zero-order valence-electron chi connectivity index (χ0n) is 7.61. The summed E-state index contributed by atoms with van der Waals surface area (Å²) < 4.78 is 0. The van der Waals surface area contributed by atoms with E-state index in [-0.39, 0.29) is 9.52 Å². The average Bonchev–Trinajstić information content (AvgIpc) is 1.84. The zero-order chi connectivity index (χ0) is 8.04. The summed E-state index contributed by atoms with van der Waals surface area (Å²) in [5.41, 5.74) is 0. The van der Waals surface area contributed by atoms with Crippen LogP contribution in [0.3, 0.4) is 0 Å². The molecule has 0 aromatic carbocycles. The van der Waals surface area contributed by atoms with Crippen molar-refractivity contribution in [2.24, 2.45) is 0 Å². The standard InChI is InChI=1S/C9H20Si/c1-5-7-9(3,4)10-8-6-2/h6H,2,5,7-8,10H2,1,3-4H3. The van der Waals surface area contributed by atoms with E-state index in [0.717, 1.165) is 0 Å². The molecule has 0 nitrogen and oxygen atoms in total. The van der Waals surface area contributed by atoms with Crippen molar-refractivity contribution in [2.45, 2.75) is 44.7 Å². The third kappa shape index (κ3) is 4.80. The molecule has 60 valence electrons. The second-order valence-corrected chi connectivity index (χ2v) is 6.73. The Labute approximate surface area is 67.5 Å². The van der Waals surface area contributed by atoms with Gasteiger partial charge in [-0.1, -0.05) is 39.7 Å². The quantitative estimate of drug-likeness (QED) is 0.424. The highest BCUT2D eigenvalue weighted by atomic mass is 28.2. The van der Waals surface area contributed by atoms with Crippen LogP contribution in [-0.4, -0.2) is 9.52 Å². The Balaban J connectivity index is 3.51. The van der Waals surface area contributed by atoms with Gasteiger partial charge in [0.2, 0.25) is 0 Å². The van der Waals surface area contributed by atoms with Crippen molar-refractivity contribution >= 4 is 9.52 Å². The molecule has 0 spiro atoms. The Bertz CT molecular complexity index is 94.9. The fourth-order valence-corrected chi connectivity index (χ4v) is 2.88. The summed E-state index contributed by atoms with van der Waals surface area (Å²) in [4.78, 5) is 0. The van der Waals surface area contributed by atoms with Crippen molar-refractivity contribution in [2.75, 3.05) is 0 Å². The molecule has 0 N–H and O–H groups in total. The second-order valence-electron chi connectivity index (χ2n) is 3.74. The molecule has 0 fully saturated rings. The fourth-order valence-electron chi connectivity index (χ4n) is 1.29. The van der Waals surface area contributed by atoms with Crippen LogP contribution in [0, 0.1) is 0 Å². The average molecular weight is 156 g/mol. The van der Waals surface area contributed by atoms with E-state index < -0.39 is 0 Å². The summed E-state index contributed by atoms with van der Waals surface area (Å²) in [6.07, 6.45) is 4.80. The molecular formula is C9H20Si. The molecule has 0 saturated heterocycles. The minimum absolute atomic E-state index is 0.110. The van der Waals surface area contributed by atoms with Crippen molar-refractivity contribution in [3.05, 3.63) is 12.7 Å². The molecule has 1 heteroatoms. The molecule has 0 aliphatic rings. The fraction of sp³-hybridized carbons (Fsp3) is 0.778. The Kier molecular flexibility index (Phi) is 4.70. The van der Waals surface area contributed by atoms with Crippen LogP contribution in [0.1, 0.15) is 33.6 Å². The normalized spacial score (nSPS) is 12.7. The highest BCUT2D eigenvalue weighted by molar-refractivity contribution is 6.40. The molecular weight excluding hydrogens is 136 g/mol. The van der Waals surface area contributed by atoms with Crippen molar-refractivity contribution < 1.29 is 0 Å². The summed E-state index contributed by atoms with van der Waals surface area (Å²) >= 11 is 0. The van der Waals surface area contributed by atoms with E-state index in [9.17, 15) is 0 Å². The lowest BCUT2D eigenvalue weighted by molar-refractivity contribution is 0.592. The van der Waals surface area contributed by atoms with Gasteiger partial charge in [-0.05, 0) is 11.1 Å². The molecule has 0 aromatic heterocycles. The minimum Gasteiger partial charge on any atom is -0.103 e. The predicted octanol–water partition coefficient (Wildman–Crippen LogP) is 2.76. The van der Waals surface area contributed by atoms with Crippen LogP contribution in [0.5, 0.6) is 0 Å². The van der Waals surface area contributed by atoms with Crippen LogP contribution in [0.15, 0.2) is 12.7 Å². The first-order valence-electron chi connectivity index (χ1n) is 4.23.